The maximum Gasteiger partial charge on any atom is 0.191 e. The average molecular weight is 431 g/mol. The van der Waals surface area contributed by atoms with Crippen molar-refractivity contribution in [1.29, 1.82) is 0 Å². The van der Waals surface area contributed by atoms with E-state index in [0.717, 1.165) is 24.0 Å². The van der Waals surface area contributed by atoms with Gasteiger partial charge in [0.25, 0.3) is 0 Å². The molecule has 0 aromatic heterocycles. The first-order valence-electron chi connectivity index (χ1n) is 8.49. The van der Waals surface area contributed by atoms with Gasteiger partial charge in [0, 0.05) is 18.5 Å². The molecule has 1 saturated carbocycles. The Bertz CT molecular complexity index is 467. The second kappa shape index (κ2) is 10.9. The third-order valence-electron chi connectivity index (χ3n) is 4.21. The zero-order chi connectivity index (χ0) is 15.8. The number of aliphatic imine (C=N–C) groups is 1. The third kappa shape index (κ3) is 6.67. The highest BCUT2D eigenvalue weighted by atomic mass is 127. The average Bonchev–Trinajstić information content (AvgIpc) is 3.27. The lowest BCUT2D eigenvalue weighted by atomic mass is 10.0. The number of aliphatic hydroxyl groups is 1. The van der Waals surface area contributed by atoms with Gasteiger partial charge in [0.15, 0.2) is 5.96 Å². The Morgan fingerprint density at radius 2 is 2.04 bits per heavy atom. The summed E-state index contributed by atoms with van der Waals surface area (Å²) >= 11 is 0. The van der Waals surface area contributed by atoms with Crippen molar-refractivity contribution in [1.82, 2.24) is 10.6 Å². The second-order valence-electron chi connectivity index (χ2n) is 6.05. The summed E-state index contributed by atoms with van der Waals surface area (Å²) in [5.74, 6) is 1.74. The van der Waals surface area contributed by atoms with Crippen LogP contribution >= 0.6 is 24.0 Å². The molecule has 0 spiro atoms. The van der Waals surface area contributed by atoms with Crippen molar-refractivity contribution < 1.29 is 5.11 Å². The largest absolute Gasteiger partial charge is 0.396 e. The van der Waals surface area contributed by atoms with Gasteiger partial charge < -0.3 is 15.7 Å². The van der Waals surface area contributed by atoms with Crippen LogP contribution < -0.4 is 10.6 Å². The van der Waals surface area contributed by atoms with E-state index >= 15 is 0 Å². The lowest BCUT2D eigenvalue weighted by molar-refractivity contribution is 0.268. The summed E-state index contributed by atoms with van der Waals surface area (Å²) in [5.41, 5.74) is 1.14. The van der Waals surface area contributed by atoms with Gasteiger partial charge >= 0.3 is 0 Å². The van der Waals surface area contributed by atoms with Gasteiger partial charge in [-0.05, 0) is 31.2 Å². The maximum absolute atomic E-state index is 9.62. The minimum absolute atomic E-state index is 0. The SMILES string of the molecule is CCCC1CC1NC(=NCC(CO)c1ccccc1)NCC.I. The number of rotatable bonds is 8. The molecule has 0 aliphatic heterocycles. The number of nitrogens with one attached hydrogen (secondary N) is 2. The topological polar surface area (TPSA) is 56.7 Å². The first-order valence-corrected chi connectivity index (χ1v) is 8.49. The number of hydrogen-bond acceptors (Lipinski definition) is 2. The molecule has 0 saturated heterocycles. The molecule has 3 unspecified atom stereocenters. The zero-order valence-corrected chi connectivity index (χ0v) is 16.5. The van der Waals surface area contributed by atoms with Crippen LogP contribution in [-0.2, 0) is 0 Å². The van der Waals surface area contributed by atoms with E-state index in [2.05, 4.69) is 41.6 Å². The number of hydrogen-bond donors (Lipinski definition) is 3. The highest BCUT2D eigenvalue weighted by Crippen LogP contribution is 2.34. The summed E-state index contributed by atoms with van der Waals surface area (Å²) in [6.07, 6.45) is 3.79. The fourth-order valence-corrected chi connectivity index (χ4v) is 2.81. The molecule has 1 aliphatic carbocycles. The van der Waals surface area contributed by atoms with Gasteiger partial charge in [-0.1, -0.05) is 43.7 Å². The quantitative estimate of drug-likeness (QED) is 0.337. The summed E-state index contributed by atoms with van der Waals surface area (Å²) in [5, 5.41) is 16.4. The smallest absolute Gasteiger partial charge is 0.191 e. The first-order chi connectivity index (χ1) is 10.8. The van der Waals surface area contributed by atoms with Crippen LogP contribution in [0, 0.1) is 5.92 Å². The van der Waals surface area contributed by atoms with Gasteiger partial charge in [-0.3, -0.25) is 4.99 Å². The van der Waals surface area contributed by atoms with E-state index in [1.54, 1.807) is 0 Å². The van der Waals surface area contributed by atoms with E-state index in [-0.39, 0.29) is 36.5 Å². The Labute approximate surface area is 157 Å². The number of guanidine groups is 1. The summed E-state index contributed by atoms with van der Waals surface area (Å²) in [6, 6.07) is 10.7. The predicted octanol–water partition coefficient (Wildman–Crippen LogP) is 3.12. The fourth-order valence-electron chi connectivity index (χ4n) is 2.81. The van der Waals surface area contributed by atoms with E-state index in [4.69, 9.17) is 0 Å². The number of halogens is 1. The van der Waals surface area contributed by atoms with Crippen molar-refractivity contribution >= 4 is 29.9 Å². The number of aliphatic hydroxyl groups excluding tert-OH is 1. The summed E-state index contributed by atoms with van der Waals surface area (Å²) in [6.45, 7) is 5.89. The minimum atomic E-state index is 0. The molecule has 1 aliphatic rings. The Morgan fingerprint density at radius 3 is 2.65 bits per heavy atom. The number of nitrogens with zero attached hydrogens (tertiary/aromatic N) is 1. The van der Waals surface area contributed by atoms with E-state index in [1.165, 1.54) is 19.3 Å². The van der Waals surface area contributed by atoms with Gasteiger partial charge in [0.1, 0.15) is 0 Å². The highest BCUT2D eigenvalue weighted by Gasteiger charge is 2.36. The Balaban J connectivity index is 0.00000264. The summed E-state index contributed by atoms with van der Waals surface area (Å²) < 4.78 is 0. The molecule has 2 rings (SSSR count). The van der Waals surface area contributed by atoms with E-state index in [1.807, 2.05) is 18.2 Å². The summed E-state index contributed by atoms with van der Waals surface area (Å²) in [7, 11) is 0. The normalized spacial score (nSPS) is 21.3. The van der Waals surface area contributed by atoms with E-state index < -0.39 is 0 Å². The zero-order valence-electron chi connectivity index (χ0n) is 14.2. The van der Waals surface area contributed by atoms with Gasteiger partial charge in [-0.15, -0.1) is 24.0 Å². The molecule has 1 aromatic carbocycles. The van der Waals surface area contributed by atoms with Crippen molar-refractivity contribution in [2.75, 3.05) is 19.7 Å². The van der Waals surface area contributed by atoms with Gasteiger partial charge in [-0.2, -0.15) is 0 Å². The standard InChI is InChI=1S/C18H29N3O.HI/c1-3-8-15-11-17(15)21-18(19-4-2)20-12-16(13-22)14-9-6-5-7-10-14;/h5-7,9-10,15-17,22H,3-4,8,11-13H2,1-2H3,(H2,19,20,21);1H. The first kappa shape index (κ1) is 20.2. The van der Waals surface area contributed by atoms with Crippen LogP contribution in [0.2, 0.25) is 0 Å². The third-order valence-corrected chi connectivity index (χ3v) is 4.21. The predicted molar refractivity (Wildman–Crippen MR) is 108 cm³/mol. The molecule has 0 amide bonds. The maximum atomic E-state index is 9.62. The van der Waals surface area contributed by atoms with Crippen molar-refractivity contribution in [3.8, 4) is 0 Å². The molecule has 130 valence electrons. The highest BCUT2D eigenvalue weighted by molar-refractivity contribution is 14.0. The Morgan fingerprint density at radius 1 is 1.30 bits per heavy atom. The van der Waals surface area contributed by atoms with Crippen LogP contribution in [0.4, 0.5) is 0 Å². The molecule has 5 heteroatoms. The lowest BCUT2D eigenvalue weighted by Gasteiger charge is -2.15. The fraction of sp³-hybridized carbons (Fsp3) is 0.611. The second-order valence-corrected chi connectivity index (χ2v) is 6.05. The molecule has 3 N–H and O–H groups in total. The molecular weight excluding hydrogens is 401 g/mol. The molecule has 1 aromatic rings. The molecule has 0 bridgehead atoms. The van der Waals surface area contributed by atoms with Crippen LogP contribution in [0.1, 0.15) is 44.6 Å². The van der Waals surface area contributed by atoms with Crippen LogP contribution in [0.5, 0.6) is 0 Å². The molecule has 1 fully saturated rings. The van der Waals surface area contributed by atoms with E-state index in [9.17, 15) is 5.11 Å². The molecule has 0 radical (unpaired) electrons. The van der Waals surface area contributed by atoms with Crippen LogP contribution in [-0.4, -0.2) is 36.8 Å². The van der Waals surface area contributed by atoms with Crippen LogP contribution in [0.15, 0.2) is 35.3 Å². The van der Waals surface area contributed by atoms with Gasteiger partial charge in [-0.25, -0.2) is 0 Å². The number of benzene rings is 1. The summed E-state index contributed by atoms with van der Waals surface area (Å²) in [4.78, 5) is 4.67. The monoisotopic (exact) mass is 431 g/mol. The molecule has 23 heavy (non-hydrogen) atoms. The van der Waals surface area contributed by atoms with Crippen LogP contribution in [0.25, 0.3) is 0 Å². The van der Waals surface area contributed by atoms with E-state index in [0.29, 0.717) is 12.6 Å². The van der Waals surface area contributed by atoms with Gasteiger partial charge in [0.2, 0.25) is 0 Å². The minimum Gasteiger partial charge on any atom is -0.396 e. The van der Waals surface area contributed by atoms with Crippen molar-refractivity contribution in [3.63, 3.8) is 0 Å². The van der Waals surface area contributed by atoms with Crippen molar-refractivity contribution in [2.24, 2.45) is 10.9 Å². The van der Waals surface area contributed by atoms with Crippen LogP contribution in [0.3, 0.4) is 0 Å². The lowest BCUT2D eigenvalue weighted by Crippen LogP contribution is -2.39. The molecular formula is C18H30IN3O. The Hall–Kier alpha value is -0.820. The van der Waals surface area contributed by atoms with Gasteiger partial charge in [0.05, 0.1) is 13.2 Å². The molecule has 0 heterocycles. The Kier molecular flexibility index (Phi) is 9.55. The molecule has 4 nitrogen and oxygen atoms in total. The van der Waals surface area contributed by atoms with Crippen molar-refractivity contribution in [2.45, 2.75) is 45.1 Å². The molecule has 3 atom stereocenters. The van der Waals surface area contributed by atoms with Crippen molar-refractivity contribution in [3.05, 3.63) is 35.9 Å².